The molecule has 0 spiro atoms. The molecule has 0 aliphatic carbocycles. The number of hydrogen-bond donors (Lipinski definition) is 1. The van der Waals surface area contributed by atoms with E-state index >= 15 is 0 Å². The first kappa shape index (κ1) is 16.9. The van der Waals surface area contributed by atoms with Crippen LogP contribution in [-0.4, -0.2) is 16.1 Å². The average Bonchev–Trinajstić information content (AvgIpc) is 3.10. The molecule has 0 radical (unpaired) electrons. The second kappa shape index (κ2) is 7.75. The summed E-state index contributed by atoms with van der Waals surface area (Å²) < 4.78 is 5.66. The van der Waals surface area contributed by atoms with E-state index in [2.05, 4.69) is 15.5 Å². The summed E-state index contributed by atoms with van der Waals surface area (Å²) in [6.45, 7) is 3.98. The number of amides is 1. The molecule has 25 heavy (non-hydrogen) atoms. The predicted octanol–water partition coefficient (Wildman–Crippen LogP) is 3.86. The Morgan fingerprint density at radius 3 is 2.68 bits per heavy atom. The first-order valence-electron chi connectivity index (χ1n) is 8.35. The van der Waals surface area contributed by atoms with Gasteiger partial charge in [0.15, 0.2) is 0 Å². The van der Waals surface area contributed by atoms with Crippen molar-refractivity contribution in [1.29, 1.82) is 0 Å². The number of carbonyl (C=O) groups excluding carboxylic acids is 1. The molecule has 1 N–H and O–H groups in total. The van der Waals surface area contributed by atoms with Gasteiger partial charge in [-0.1, -0.05) is 48.0 Å². The zero-order valence-corrected chi connectivity index (χ0v) is 14.4. The molecule has 0 aliphatic heterocycles. The van der Waals surface area contributed by atoms with Gasteiger partial charge in [0.05, 0.1) is 6.04 Å². The van der Waals surface area contributed by atoms with Gasteiger partial charge < -0.3 is 9.73 Å². The van der Waals surface area contributed by atoms with Crippen LogP contribution in [0.1, 0.15) is 36.4 Å². The van der Waals surface area contributed by atoms with E-state index in [0.29, 0.717) is 24.6 Å². The fourth-order valence-corrected chi connectivity index (χ4v) is 2.61. The molecule has 2 aromatic carbocycles. The van der Waals surface area contributed by atoms with Crippen molar-refractivity contribution in [2.45, 2.75) is 32.7 Å². The molecule has 0 saturated carbocycles. The third-order valence-corrected chi connectivity index (χ3v) is 3.97. The summed E-state index contributed by atoms with van der Waals surface area (Å²) in [5.74, 6) is 0.919. The minimum atomic E-state index is -0.0355. The molecule has 1 amide bonds. The number of carbonyl (C=O) groups is 1. The summed E-state index contributed by atoms with van der Waals surface area (Å²) in [6, 6.07) is 17.7. The summed E-state index contributed by atoms with van der Waals surface area (Å²) in [4.78, 5) is 12.1. The average molecular weight is 335 g/mol. The van der Waals surface area contributed by atoms with Crippen LogP contribution in [0.5, 0.6) is 0 Å². The Hall–Kier alpha value is -2.95. The highest BCUT2D eigenvalue weighted by Gasteiger charge is 2.13. The summed E-state index contributed by atoms with van der Waals surface area (Å²) in [7, 11) is 0. The second-order valence-electron chi connectivity index (χ2n) is 6.07. The Labute approximate surface area is 147 Å². The zero-order chi connectivity index (χ0) is 17.6. The molecule has 0 aliphatic rings. The maximum atomic E-state index is 12.1. The van der Waals surface area contributed by atoms with Crippen molar-refractivity contribution in [1.82, 2.24) is 15.5 Å². The van der Waals surface area contributed by atoms with Crippen LogP contribution in [0, 0.1) is 6.92 Å². The molecule has 5 heteroatoms. The van der Waals surface area contributed by atoms with Crippen LogP contribution >= 0.6 is 0 Å². The molecule has 1 heterocycles. The molecule has 3 rings (SSSR count). The van der Waals surface area contributed by atoms with E-state index in [4.69, 9.17) is 4.42 Å². The third kappa shape index (κ3) is 4.53. The zero-order valence-electron chi connectivity index (χ0n) is 14.4. The Morgan fingerprint density at radius 1 is 1.12 bits per heavy atom. The molecule has 1 atom stereocenters. The molecular weight excluding hydrogens is 314 g/mol. The normalized spacial score (nSPS) is 11.9. The number of nitrogens with one attached hydrogen (secondary N) is 1. The second-order valence-corrected chi connectivity index (χ2v) is 6.07. The van der Waals surface area contributed by atoms with E-state index in [-0.39, 0.29) is 11.9 Å². The van der Waals surface area contributed by atoms with Gasteiger partial charge in [0.2, 0.25) is 17.7 Å². The van der Waals surface area contributed by atoms with Crippen molar-refractivity contribution in [3.8, 4) is 11.5 Å². The highest BCUT2D eigenvalue weighted by Crippen LogP contribution is 2.19. The molecule has 0 saturated heterocycles. The quantitative estimate of drug-likeness (QED) is 0.743. The Bertz CT molecular complexity index is 843. The molecule has 0 bridgehead atoms. The number of benzene rings is 2. The molecule has 3 aromatic rings. The number of aryl methyl sites for hydroxylation is 2. The summed E-state index contributed by atoms with van der Waals surface area (Å²) in [5, 5.41) is 11.1. The van der Waals surface area contributed by atoms with E-state index in [1.807, 2.05) is 68.4 Å². The van der Waals surface area contributed by atoms with Crippen molar-refractivity contribution in [2.75, 3.05) is 0 Å². The standard InChI is InChI=1S/C20H21N3O2/c1-14-7-6-10-17(13-14)20-23-22-19(25-20)12-11-18(24)21-15(2)16-8-4-3-5-9-16/h3-10,13,15H,11-12H2,1-2H3,(H,21,24). The van der Waals surface area contributed by atoms with Gasteiger partial charge in [-0.3, -0.25) is 4.79 Å². The Kier molecular flexibility index (Phi) is 5.23. The van der Waals surface area contributed by atoms with Crippen LogP contribution < -0.4 is 5.32 Å². The topological polar surface area (TPSA) is 68.0 Å². The maximum absolute atomic E-state index is 12.1. The minimum absolute atomic E-state index is 0.0285. The third-order valence-electron chi connectivity index (χ3n) is 3.97. The minimum Gasteiger partial charge on any atom is -0.421 e. The van der Waals surface area contributed by atoms with Crippen LogP contribution in [0.25, 0.3) is 11.5 Å². The van der Waals surface area contributed by atoms with E-state index in [0.717, 1.165) is 16.7 Å². The van der Waals surface area contributed by atoms with Crippen LogP contribution in [0.15, 0.2) is 59.0 Å². The SMILES string of the molecule is Cc1cccc(-c2nnc(CCC(=O)NC(C)c3ccccc3)o2)c1. The predicted molar refractivity (Wildman–Crippen MR) is 95.8 cm³/mol. The summed E-state index contributed by atoms with van der Waals surface area (Å²) in [6.07, 6.45) is 0.735. The van der Waals surface area contributed by atoms with E-state index in [9.17, 15) is 4.79 Å². The van der Waals surface area contributed by atoms with Gasteiger partial charge in [0, 0.05) is 18.4 Å². The fraction of sp³-hybridized carbons (Fsp3) is 0.250. The van der Waals surface area contributed by atoms with Crippen LogP contribution in [0.4, 0.5) is 0 Å². The number of rotatable bonds is 6. The molecule has 5 nitrogen and oxygen atoms in total. The van der Waals surface area contributed by atoms with Gasteiger partial charge in [0.1, 0.15) is 0 Å². The van der Waals surface area contributed by atoms with E-state index in [1.54, 1.807) is 0 Å². The van der Waals surface area contributed by atoms with Crippen LogP contribution in [0.3, 0.4) is 0 Å². The van der Waals surface area contributed by atoms with Crippen LogP contribution in [0.2, 0.25) is 0 Å². The first-order chi connectivity index (χ1) is 12.1. The highest BCUT2D eigenvalue weighted by atomic mass is 16.4. The summed E-state index contributed by atoms with van der Waals surface area (Å²) >= 11 is 0. The maximum Gasteiger partial charge on any atom is 0.247 e. The lowest BCUT2D eigenvalue weighted by Gasteiger charge is -2.13. The van der Waals surface area contributed by atoms with E-state index < -0.39 is 0 Å². The van der Waals surface area contributed by atoms with Crippen molar-refractivity contribution in [3.63, 3.8) is 0 Å². The Morgan fingerprint density at radius 2 is 1.92 bits per heavy atom. The van der Waals surface area contributed by atoms with Gasteiger partial charge in [-0.05, 0) is 31.5 Å². The lowest BCUT2D eigenvalue weighted by molar-refractivity contribution is -0.121. The molecule has 128 valence electrons. The van der Waals surface area contributed by atoms with Crippen molar-refractivity contribution < 1.29 is 9.21 Å². The molecular formula is C20H21N3O2. The van der Waals surface area contributed by atoms with Gasteiger partial charge in [-0.2, -0.15) is 0 Å². The number of aromatic nitrogens is 2. The fourth-order valence-electron chi connectivity index (χ4n) is 2.61. The number of nitrogens with zero attached hydrogens (tertiary/aromatic N) is 2. The Balaban J connectivity index is 1.54. The molecule has 1 unspecified atom stereocenters. The van der Waals surface area contributed by atoms with Gasteiger partial charge >= 0.3 is 0 Å². The smallest absolute Gasteiger partial charge is 0.247 e. The number of hydrogen-bond acceptors (Lipinski definition) is 4. The molecule has 0 fully saturated rings. The lowest BCUT2D eigenvalue weighted by atomic mass is 10.1. The molecule has 1 aromatic heterocycles. The lowest BCUT2D eigenvalue weighted by Crippen LogP contribution is -2.26. The highest BCUT2D eigenvalue weighted by molar-refractivity contribution is 5.76. The van der Waals surface area contributed by atoms with Crippen molar-refractivity contribution in [3.05, 3.63) is 71.6 Å². The van der Waals surface area contributed by atoms with Gasteiger partial charge in [-0.15, -0.1) is 10.2 Å². The monoisotopic (exact) mass is 335 g/mol. The van der Waals surface area contributed by atoms with Crippen molar-refractivity contribution >= 4 is 5.91 Å². The summed E-state index contributed by atoms with van der Waals surface area (Å²) in [5.41, 5.74) is 3.10. The van der Waals surface area contributed by atoms with E-state index in [1.165, 1.54) is 0 Å². The van der Waals surface area contributed by atoms with Gasteiger partial charge in [0.25, 0.3) is 0 Å². The van der Waals surface area contributed by atoms with Crippen molar-refractivity contribution in [2.24, 2.45) is 0 Å². The van der Waals surface area contributed by atoms with Crippen LogP contribution in [-0.2, 0) is 11.2 Å². The van der Waals surface area contributed by atoms with Gasteiger partial charge in [-0.25, -0.2) is 0 Å². The first-order valence-corrected chi connectivity index (χ1v) is 8.35. The largest absolute Gasteiger partial charge is 0.421 e.